The smallest absolute Gasteiger partial charge is 0.164 e. The minimum atomic E-state index is -0.246. The first-order valence-electron chi connectivity index (χ1n) is 18.9. The summed E-state index contributed by atoms with van der Waals surface area (Å²) in [5, 5.41) is 0.741. The molecule has 0 aliphatic carbocycles. The van der Waals surface area contributed by atoms with Gasteiger partial charge in [-0.25, -0.2) is 15.0 Å². The molecule has 2 aromatic heterocycles. The molecule has 0 radical (unpaired) electrons. The molecule has 0 N–H and O–H groups in total. The van der Waals surface area contributed by atoms with Crippen LogP contribution in [-0.2, 0) is 0 Å². The van der Waals surface area contributed by atoms with E-state index in [4.69, 9.17) is 19.1 Å². The first kappa shape index (κ1) is 23.2. The maximum absolute atomic E-state index is 9.57. The molecule has 2 heterocycles. The Morgan fingerprint density at radius 2 is 0.939 bits per heavy atom. The minimum absolute atomic E-state index is 0.0609. The van der Waals surface area contributed by atoms with E-state index in [9.17, 15) is 4.11 Å². The fourth-order valence-corrected chi connectivity index (χ4v) is 7.06. The summed E-state index contributed by atoms with van der Waals surface area (Å²) >= 11 is 1.13. The van der Waals surface area contributed by atoms with Gasteiger partial charge in [-0.05, 0) is 51.5 Å². The Labute approximate surface area is 297 Å². The molecule has 0 spiro atoms. The van der Waals surface area contributed by atoms with Crippen LogP contribution in [0.4, 0.5) is 0 Å². The molecule has 230 valence electrons. The van der Waals surface area contributed by atoms with Crippen LogP contribution in [0.5, 0.6) is 0 Å². The van der Waals surface area contributed by atoms with Crippen molar-refractivity contribution >= 4 is 31.5 Å². The van der Waals surface area contributed by atoms with E-state index in [1.54, 1.807) is 0 Å². The zero-order valence-corrected chi connectivity index (χ0v) is 26.8. The molecule has 0 atom stereocenters. The molecule has 7 aromatic carbocycles. The van der Waals surface area contributed by atoms with E-state index in [0.29, 0.717) is 48.5 Å². The topological polar surface area (TPSA) is 38.7 Å². The first-order valence-corrected chi connectivity index (χ1v) is 16.7. The Morgan fingerprint density at radius 3 is 1.63 bits per heavy atom. The maximum Gasteiger partial charge on any atom is 0.164 e. The van der Waals surface area contributed by atoms with Crippen LogP contribution in [0.3, 0.4) is 0 Å². The van der Waals surface area contributed by atoms with Crippen molar-refractivity contribution in [1.29, 1.82) is 0 Å². The van der Waals surface area contributed by atoms with Gasteiger partial charge in [0.15, 0.2) is 17.5 Å². The van der Waals surface area contributed by atoms with Crippen molar-refractivity contribution in [2.75, 3.05) is 0 Å². The lowest BCUT2D eigenvalue weighted by Crippen LogP contribution is -2.00. The summed E-state index contributed by atoms with van der Waals surface area (Å²) in [4.78, 5) is 14.7. The van der Waals surface area contributed by atoms with Crippen LogP contribution in [0.1, 0.15) is 8.22 Å². The van der Waals surface area contributed by atoms with Crippen molar-refractivity contribution in [2.24, 2.45) is 0 Å². The predicted octanol–water partition coefficient (Wildman–Crippen LogP) is 12.2. The largest absolute Gasteiger partial charge is 0.208 e. The van der Waals surface area contributed by atoms with E-state index in [-0.39, 0.29) is 47.6 Å². The van der Waals surface area contributed by atoms with Crippen LogP contribution in [-0.4, -0.2) is 15.0 Å². The van der Waals surface area contributed by atoms with Crippen molar-refractivity contribution < 1.29 is 8.22 Å². The number of thiophene rings is 1. The second-order valence-corrected chi connectivity index (χ2v) is 12.6. The zero-order chi connectivity index (χ0) is 37.8. The molecule has 0 bridgehead atoms. The van der Waals surface area contributed by atoms with E-state index in [1.165, 1.54) is 0 Å². The molecule has 0 aliphatic rings. The molecule has 49 heavy (non-hydrogen) atoms. The van der Waals surface area contributed by atoms with Gasteiger partial charge in [-0.3, -0.25) is 0 Å². The van der Waals surface area contributed by atoms with Gasteiger partial charge in [0.2, 0.25) is 0 Å². The third-order valence-corrected chi connectivity index (χ3v) is 9.49. The van der Waals surface area contributed by atoms with Crippen LogP contribution in [0.15, 0.2) is 176 Å². The highest BCUT2D eigenvalue weighted by atomic mass is 32.1. The van der Waals surface area contributed by atoms with E-state index >= 15 is 0 Å². The van der Waals surface area contributed by atoms with E-state index in [1.807, 2.05) is 140 Å². The summed E-state index contributed by atoms with van der Waals surface area (Å²) in [6.07, 6.45) is 0. The number of rotatable bonds is 6. The van der Waals surface area contributed by atoms with Crippen molar-refractivity contribution in [2.45, 2.75) is 0 Å². The highest BCUT2D eigenvalue weighted by Gasteiger charge is 2.16. The molecule has 0 amide bonds. The quantitative estimate of drug-likeness (QED) is 0.180. The number of hydrogen-bond donors (Lipinski definition) is 0. The van der Waals surface area contributed by atoms with Gasteiger partial charge < -0.3 is 0 Å². The molecule has 4 heteroatoms. The fourth-order valence-electron chi connectivity index (χ4n) is 6.04. The average molecular weight is 650 g/mol. The third kappa shape index (κ3) is 5.58. The van der Waals surface area contributed by atoms with Gasteiger partial charge in [0.1, 0.15) is 0 Å². The zero-order valence-electron chi connectivity index (χ0n) is 32.0. The fraction of sp³-hybridized carbons (Fsp3) is 0. The summed E-state index contributed by atoms with van der Waals surface area (Å²) in [6.45, 7) is 0. The number of benzene rings is 7. The molecule has 0 fully saturated rings. The van der Waals surface area contributed by atoms with Gasteiger partial charge in [0.25, 0.3) is 0 Å². The normalized spacial score (nSPS) is 13.0. The molecule has 9 rings (SSSR count). The second-order valence-electron chi connectivity index (χ2n) is 11.6. The van der Waals surface area contributed by atoms with Crippen LogP contribution in [0.25, 0.3) is 87.7 Å². The van der Waals surface area contributed by atoms with Crippen molar-refractivity contribution in [3.05, 3.63) is 176 Å². The van der Waals surface area contributed by atoms with Crippen molar-refractivity contribution in [1.82, 2.24) is 15.0 Å². The average Bonchev–Trinajstić information content (AvgIpc) is 3.64. The Morgan fingerprint density at radius 1 is 0.408 bits per heavy atom. The van der Waals surface area contributed by atoms with Gasteiger partial charge in [0, 0.05) is 36.9 Å². The van der Waals surface area contributed by atoms with Gasteiger partial charge >= 0.3 is 0 Å². The van der Waals surface area contributed by atoms with Crippen LogP contribution < -0.4 is 0 Å². The highest BCUT2D eigenvalue weighted by Crippen LogP contribution is 2.41. The lowest BCUT2D eigenvalue weighted by molar-refractivity contribution is 1.07. The molecular weight excluding hydrogens is 615 g/mol. The molecular formula is C45H29N3S. The molecule has 0 saturated carbocycles. The minimum Gasteiger partial charge on any atom is -0.208 e. The Bertz CT molecular complexity index is 2920. The second kappa shape index (κ2) is 12.4. The Kier molecular flexibility index (Phi) is 5.87. The van der Waals surface area contributed by atoms with Crippen molar-refractivity contribution in [3.8, 4) is 67.5 Å². The summed E-state index contributed by atoms with van der Waals surface area (Å²) in [7, 11) is 0. The summed E-state index contributed by atoms with van der Waals surface area (Å²) in [5.74, 6) is 0.782. The van der Waals surface area contributed by atoms with Gasteiger partial charge in [0.05, 0.1) is 8.22 Å². The van der Waals surface area contributed by atoms with Crippen LogP contribution >= 0.6 is 11.3 Å². The number of aromatic nitrogens is 3. The van der Waals surface area contributed by atoms with Gasteiger partial charge in [-0.1, -0.05) is 158 Å². The number of nitrogens with zero attached hydrogens (tertiary/aromatic N) is 3. The number of fused-ring (bicyclic) bond motifs is 3. The van der Waals surface area contributed by atoms with Gasteiger partial charge in [-0.15, -0.1) is 11.3 Å². The molecule has 3 nitrogen and oxygen atoms in total. The molecule has 0 saturated heterocycles. The highest BCUT2D eigenvalue weighted by molar-refractivity contribution is 7.26. The summed E-state index contributed by atoms with van der Waals surface area (Å²) < 4.78 is 55.4. The molecule has 0 unspecified atom stereocenters. The Hall–Kier alpha value is -6.23. The lowest BCUT2D eigenvalue weighted by Gasteiger charge is -2.10. The summed E-state index contributed by atoms with van der Waals surface area (Å²) in [6, 6.07) is 44.0. The first-order chi connectivity index (χ1) is 26.8. The standard InChI is InChI=1S/C45H29N3S/c1-4-12-30(13-5-1)32-22-24-34(25-23-32)43-46-44(36-19-10-18-35(28-36)31-14-6-2-7-15-31)48-45(47-43)37-26-27-39-41(29-37)49-40-21-11-20-38(42(39)40)33-16-8-3-9-17-33/h1-29H/i11D,20D,21D,26D,27D,29D. The van der Waals surface area contributed by atoms with E-state index < -0.39 is 0 Å². The predicted molar refractivity (Wildman–Crippen MR) is 205 cm³/mol. The van der Waals surface area contributed by atoms with E-state index in [2.05, 4.69) is 0 Å². The molecule has 9 aromatic rings. The van der Waals surface area contributed by atoms with Crippen LogP contribution in [0, 0.1) is 0 Å². The van der Waals surface area contributed by atoms with E-state index in [0.717, 1.165) is 39.2 Å². The SMILES string of the molecule is [2H]c1c([2H])c(-c2ccccc2)c2c(sc3c([2H])c(-c4nc(-c5ccc(-c6ccccc6)cc5)nc(-c5cccc(-c6ccccc6)c5)n4)c([2H])c([2H])c32)c1[2H]. The number of hydrogen-bond acceptors (Lipinski definition) is 4. The van der Waals surface area contributed by atoms with Gasteiger partial charge in [-0.2, -0.15) is 0 Å². The lowest BCUT2D eigenvalue weighted by atomic mass is 9.99. The molecule has 0 aliphatic heterocycles. The van der Waals surface area contributed by atoms with Crippen LogP contribution in [0.2, 0.25) is 0 Å². The Balaban J connectivity index is 1.29. The third-order valence-electron chi connectivity index (χ3n) is 8.47. The summed E-state index contributed by atoms with van der Waals surface area (Å²) in [5.41, 5.74) is 6.67. The monoisotopic (exact) mass is 649 g/mol. The maximum atomic E-state index is 9.57. The van der Waals surface area contributed by atoms with Crippen molar-refractivity contribution in [3.63, 3.8) is 0 Å².